The number of hydrogen-bond acceptors (Lipinski definition) is 10. The molecule has 0 aliphatic carbocycles. The molecule has 0 aromatic carbocycles. The zero-order chi connectivity index (χ0) is 39.1. The lowest BCUT2D eigenvalue weighted by Gasteiger charge is -2.50. The average molecular weight is 815 g/mol. The third kappa shape index (κ3) is 21.0. The van der Waals surface area contributed by atoms with E-state index < -0.39 is 65.0 Å². The van der Waals surface area contributed by atoms with Gasteiger partial charge in [0.05, 0.1) is 19.6 Å². The molecule has 1 N–H and O–H groups in total. The largest absolute Gasteiger partial charge is 0.462 e. The Kier molecular flexibility index (Phi) is 23.9. The highest BCUT2D eigenvalue weighted by molar-refractivity contribution is 6.67. The first-order valence-corrected chi connectivity index (χ1v) is 21.0. The molecule has 0 bridgehead atoms. The van der Waals surface area contributed by atoms with Gasteiger partial charge in [-0.1, -0.05) is 145 Å². The Bertz CT molecular complexity index is 1060. The molecule has 6 atom stereocenters. The average Bonchev–Trinajstić information content (AvgIpc) is 3.09. The Labute approximate surface area is 333 Å². The normalized spacial score (nSPS) is 23.0. The predicted octanol–water partition coefficient (Wildman–Crippen LogP) is 9.81. The Morgan fingerprint density at radius 3 is 2.06 bits per heavy atom. The Balaban J connectivity index is 2.17. The number of halogens is 3. The molecule has 11 nitrogen and oxygen atoms in total. The van der Waals surface area contributed by atoms with Crippen LogP contribution < -0.4 is 5.32 Å². The van der Waals surface area contributed by atoms with Crippen LogP contribution in [0.5, 0.6) is 0 Å². The minimum absolute atomic E-state index is 0.0623. The lowest BCUT2D eigenvalue weighted by Crippen LogP contribution is -2.69. The molecule has 0 radical (unpaired) electrons. The van der Waals surface area contributed by atoms with E-state index in [1.54, 1.807) is 13.8 Å². The highest BCUT2D eigenvalue weighted by Gasteiger charge is 2.54. The summed E-state index contributed by atoms with van der Waals surface area (Å²) in [6, 6.07) is -1.10. The fourth-order valence-corrected chi connectivity index (χ4v) is 6.65. The van der Waals surface area contributed by atoms with Crippen molar-refractivity contribution < 1.29 is 47.5 Å². The third-order valence-electron chi connectivity index (χ3n) is 9.27. The van der Waals surface area contributed by atoms with Crippen molar-refractivity contribution in [3.8, 4) is 0 Å². The van der Waals surface area contributed by atoms with Crippen molar-refractivity contribution >= 4 is 52.8 Å². The maximum Gasteiger partial charge on any atom is 0.407 e. The van der Waals surface area contributed by atoms with Crippen LogP contribution in [-0.4, -0.2) is 84.2 Å². The van der Waals surface area contributed by atoms with Crippen LogP contribution in [0.25, 0.3) is 0 Å². The van der Waals surface area contributed by atoms with Crippen molar-refractivity contribution in [1.29, 1.82) is 0 Å². The summed E-state index contributed by atoms with van der Waals surface area (Å²) in [7, 11) is 0. The first-order chi connectivity index (χ1) is 25.3. The molecule has 2 aliphatic rings. The van der Waals surface area contributed by atoms with E-state index >= 15 is 0 Å². The molecular weight excluding hydrogens is 749 g/mol. The molecule has 0 unspecified atom stereocenters. The van der Waals surface area contributed by atoms with Gasteiger partial charge in [-0.05, 0) is 33.1 Å². The lowest BCUT2D eigenvalue weighted by molar-refractivity contribution is -0.368. The molecule has 2 rings (SSSR count). The maximum atomic E-state index is 13.8. The van der Waals surface area contributed by atoms with Crippen molar-refractivity contribution in [3.63, 3.8) is 0 Å². The summed E-state index contributed by atoms with van der Waals surface area (Å²) in [5.74, 6) is -1.99. The molecule has 2 aliphatic heterocycles. The number of nitrogens with one attached hydrogen (secondary N) is 1. The summed E-state index contributed by atoms with van der Waals surface area (Å²) in [5.41, 5.74) is 0. The van der Waals surface area contributed by atoms with Crippen molar-refractivity contribution in [3.05, 3.63) is 12.7 Å². The van der Waals surface area contributed by atoms with Crippen molar-refractivity contribution in [1.82, 2.24) is 5.32 Å². The van der Waals surface area contributed by atoms with Crippen LogP contribution in [0.4, 0.5) is 4.79 Å². The molecule has 308 valence electrons. The smallest absolute Gasteiger partial charge is 0.407 e. The Morgan fingerprint density at radius 2 is 1.47 bits per heavy atom. The first-order valence-electron chi connectivity index (χ1n) is 19.9. The van der Waals surface area contributed by atoms with E-state index in [1.165, 1.54) is 57.4 Å². The summed E-state index contributed by atoms with van der Waals surface area (Å²) >= 11 is 17.4. The van der Waals surface area contributed by atoms with Crippen LogP contribution in [0.2, 0.25) is 0 Å². The molecule has 2 saturated heterocycles. The van der Waals surface area contributed by atoms with Gasteiger partial charge in [0.2, 0.25) is 3.79 Å². The minimum atomic E-state index is -1.85. The molecule has 53 heavy (non-hydrogen) atoms. The van der Waals surface area contributed by atoms with Crippen molar-refractivity contribution in [2.75, 3.05) is 19.8 Å². The molecule has 1 amide bonds. The summed E-state index contributed by atoms with van der Waals surface area (Å²) < 4.78 is 39.4. The number of esters is 2. The monoisotopic (exact) mass is 813 g/mol. The van der Waals surface area contributed by atoms with Gasteiger partial charge < -0.3 is 38.5 Å². The van der Waals surface area contributed by atoms with E-state index in [2.05, 4.69) is 25.7 Å². The van der Waals surface area contributed by atoms with E-state index in [0.717, 1.165) is 51.4 Å². The van der Waals surface area contributed by atoms with Crippen molar-refractivity contribution in [2.45, 2.75) is 196 Å². The molecule has 0 spiro atoms. The molecule has 0 aromatic heterocycles. The maximum absolute atomic E-state index is 13.8. The number of alkyl carbamates (subject to hydrolysis) is 1. The lowest BCUT2D eigenvalue weighted by atomic mass is 9.95. The van der Waals surface area contributed by atoms with E-state index in [9.17, 15) is 14.4 Å². The molecular formula is C39H66Cl3NO10. The second-order valence-corrected chi connectivity index (χ2v) is 17.1. The SMILES string of the molecule is C=CCO[C@H]1O[C@@H]2COC(C)(C)O[C@H]2[C@H](OC(=O)C[C@@H](CCCCCCCCCCC)OC(=O)CCCCCCCCC)[C@H]1NC(=O)OCC(Cl)(Cl)Cl. The van der Waals surface area contributed by atoms with Gasteiger partial charge in [-0.3, -0.25) is 9.59 Å². The first kappa shape index (κ1) is 47.8. The molecule has 0 saturated carbocycles. The van der Waals surface area contributed by atoms with Crippen LogP contribution in [-0.2, 0) is 42.7 Å². The number of unbranched alkanes of at least 4 members (excludes halogenated alkanes) is 14. The van der Waals surface area contributed by atoms with Crippen molar-refractivity contribution in [2.24, 2.45) is 0 Å². The highest BCUT2D eigenvalue weighted by atomic mass is 35.6. The fraction of sp³-hybridized carbons (Fsp3) is 0.872. The number of hydrogen-bond donors (Lipinski definition) is 1. The number of carbonyl (C=O) groups is 3. The number of carbonyl (C=O) groups excluding carboxylic acids is 3. The zero-order valence-electron chi connectivity index (χ0n) is 32.5. The standard InChI is InChI=1S/C39H66Cl3NO10/c1-6-9-11-13-15-16-18-19-21-23-29(50-31(44)24-22-20-17-14-12-10-7-2)26-32(45)52-35-33(43-37(46)48-28-39(40,41)42)36(47-25-8-3)51-30-27-49-38(4,5)53-34(30)35/h8,29-30,33-36H,3,6-7,9-28H2,1-2,4-5H3,(H,43,46)/t29-,30-,33-,34-,35-,36+/m1/s1. The summed E-state index contributed by atoms with van der Waals surface area (Å²) in [5, 5.41) is 2.66. The molecule has 2 heterocycles. The Hall–Kier alpha value is -1.34. The van der Waals surface area contributed by atoms with Gasteiger partial charge in [0, 0.05) is 6.42 Å². The topological polar surface area (TPSA) is 128 Å². The van der Waals surface area contributed by atoms with E-state index in [1.807, 2.05) is 0 Å². The van der Waals surface area contributed by atoms with Crippen LogP contribution in [0.3, 0.4) is 0 Å². The molecule has 14 heteroatoms. The summed E-state index contributed by atoms with van der Waals surface area (Å²) in [6.07, 6.45) is 14.6. The van der Waals surface area contributed by atoms with E-state index in [4.69, 9.17) is 68.0 Å². The number of ether oxygens (including phenoxy) is 7. The van der Waals surface area contributed by atoms with Gasteiger partial charge in [0.15, 0.2) is 18.2 Å². The number of fused-ring (bicyclic) bond motifs is 1. The van der Waals surface area contributed by atoms with Gasteiger partial charge in [0.1, 0.15) is 31.0 Å². The Morgan fingerprint density at radius 1 is 0.887 bits per heavy atom. The second-order valence-electron chi connectivity index (χ2n) is 14.6. The summed E-state index contributed by atoms with van der Waals surface area (Å²) in [4.78, 5) is 39.7. The van der Waals surface area contributed by atoms with Gasteiger partial charge >= 0.3 is 18.0 Å². The number of amides is 1. The van der Waals surface area contributed by atoms with Gasteiger partial charge in [-0.2, -0.15) is 0 Å². The zero-order valence-corrected chi connectivity index (χ0v) is 34.8. The molecule has 2 fully saturated rings. The predicted molar refractivity (Wildman–Crippen MR) is 207 cm³/mol. The van der Waals surface area contributed by atoms with Gasteiger partial charge in [0.25, 0.3) is 0 Å². The van der Waals surface area contributed by atoms with Gasteiger partial charge in [-0.25, -0.2) is 4.79 Å². The van der Waals surface area contributed by atoms with Crippen LogP contribution in [0.1, 0.15) is 150 Å². The quantitative estimate of drug-likeness (QED) is 0.0282. The summed E-state index contributed by atoms with van der Waals surface area (Å²) in [6.45, 7) is 11.2. The number of rotatable bonds is 27. The third-order valence-corrected chi connectivity index (χ3v) is 9.59. The van der Waals surface area contributed by atoms with E-state index in [0.29, 0.717) is 12.8 Å². The van der Waals surface area contributed by atoms with Crippen LogP contribution in [0.15, 0.2) is 12.7 Å². The minimum Gasteiger partial charge on any atom is -0.462 e. The van der Waals surface area contributed by atoms with Crippen LogP contribution in [0, 0.1) is 0 Å². The number of alkyl halides is 3. The van der Waals surface area contributed by atoms with Crippen LogP contribution >= 0.6 is 34.8 Å². The fourth-order valence-electron chi connectivity index (χ4n) is 6.49. The highest BCUT2D eigenvalue weighted by Crippen LogP contribution is 2.35. The van der Waals surface area contributed by atoms with E-state index in [-0.39, 0.29) is 25.6 Å². The molecule has 0 aromatic rings. The second kappa shape index (κ2) is 26.5. The van der Waals surface area contributed by atoms with Gasteiger partial charge in [-0.15, -0.1) is 6.58 Å².